The molecule has 0 fully saturated rings. The largest absolute Gasteiger partial charge is 0.357 e. The van der Waals surface area contributed by atoms with Crippen molar-refractivity contribution in [2.75, 3.05) is 0 Å². The van der Waals surface area contributed by atoms with E-state index in [0.29, 0.717) is 5.56 Å². The predicted molar refractivity (Wildman–Crippen MR) is 59.4 cm³/mol. The molecule has 0 N–H and O–H groups in total. The number of hydrogen-bond acceptors (Lipinski definition) is 1. The lowest BCUT2D eigenvalue weighted by atomic mass is 9.85. The van der Waals surface area contributed by atoms with Gasteiger partial charge in [0.1, 0.15) is 6.07 Å². The number of halogens is 2. The molecule has 86 valence electrons. The number of alkyl halides is 2. The van der Waals surface area contributed by atoms with Crippen LogP contribution in [-0.4, -0.2) is 0 Å². The summed E-state index contributed by atoms with van der Waals surface area (Å²) in [6.45, 7) is 7.66. The molecule has 0 spiro atoms. The Balaban J connectivity index is 3.27. The maximum absolute atomic E-state index is 13.2. The second-order valence-electron chi connectivity index (χ2n) is 4.97. The molecule has 0 amide bonds. The zero-order valence-electron chi connectivity index (χ0n) is 9.94. The standard InChI is InChI=1S/C13H15F2N/c1-9-7-10(12(2,3)4)5-6-11(9)13(14,15)8-16/h5-7H,1-4H3. The van der Waals surface area contributed by atoms with Gasteiger partial charge in [-0.2, -0.15) is 14.0 Å². The Hall–Kier alpha value is -1.43. The minimum atomic E-state index is -3.40. The number of benzene rings is 1. The van der Waals surface area contributed by atoms with Crippen LogP contribution in [0.2, 0.25) is 0 Å². The van der Waals surface area contributed by atoms with Gasteiger partial charge in [-0.05, 0) is 23.5 Å². The summed E-state index contributed by atoms with van der Waals surface area (Å²) >= 11 is 0. The lowest BCUT2D eigenvalue weighted by Gasteiger charge is -2.21. The third-order valence-corrected chi connectivity index (χ3v) is 2.57. The number of aryl methyl sites for hydroxylation is 1. The van der Waals surface area contributed by atoms with Crippen LogP contribution in [0.3, 0.4) is 0 Å². The summed E-state index contributed by atoms with van der Waals surface area (Å²) in [7, 11) is 0. The Kier molecular flexibility index (Phi) is 3.05. The normalized spacial score (nSPS) is 12.3. The third-order valence-electron chi connectivity index (χ3n) is 2.57. The highest BCUT2D eigenvalue weighted by Gasteiger charge is 2.33. The summed E-state index contributed by atoms with van der Waals surface area (Å²) in [4.78, 5) is 0. The molecule has 0 aliphatic heterocycles. The minimum absolute atomic E-state index is 0.0782. The van der Waals surface area contributed by atoms with Gasteiger partial charge in [0.05, 0.1) is 0 Å². The van der Waals surface area contributed by atoms with E-state index < -0.39 is 5.92 Å². The van der Waals surface area contributed by atoms with Crippen LogP contribution >= 0.6 is 0 Å². The molecule has 0 aromatic heterocycles. The first-order valence-electron chi connectivity index (χ1n) is 5.09. The van der Waals surface area contributed by atoms with Crippen molar-refractivity contribution in [2.45, 2.75) is 39.0 Å². The van der Waals surface area contributed by atoms with Gasteiger partial charge in [0, 0.05) is 5.56 Å². The molecule has 0 saturated heterocycles. The molecule has 0 bridgehead atoms. The summed E-state index contributed by atoms with van der Waals surface area (Å²) in [5, 5.41) is 8.40. The van der Waals surface area contributed by atoms with Crippen molar-refractivity contribution in [3.8, 4) is 6.07 Å². The lowest BCUT2D eigenvalue weighted by Crippen LogP contribution is -2.15. The summed E-state index contributed by atoms with van der Waals surface area (Å²) in [6.07, 6.45) is 0. The highest BCUT2D eigenvalue weighted by Crippen LogP contribution is 2.32. The Morgan fingerprint density at radius 1 is 1.19 bits per heavy atom. The summed E-state index contributed by atoms with van der Waals surface area (Å²) in [5.41, 5.74) is 1.16. The molecule has 0 radical (unpaired) electrons. The monoisotopic (exact) mass is 223 g/mol. The molecule has 1 nitrogen and oxygen atoms in total. The van der Waals surface area contributed by atoms with Crippen molar-refractivity contribution in [3.63, 3.8) is 0 Å². The van der Waals surface area contributed by atoms with Crippen molar-refractivity contribution in [3.05, 3.63) is 34.9 Å². The van der Waals surface area contributed by atoms with Gasteiger partial charge >= 0.3 is 5.92 Å². The fourth-order valence-corrected chi connectivity index (χ4v) is 1.54. The number of nitrogens with zero attached hydrogens (tertiary/aromatic N) is 1. The molecule has 0 unspecified atom stereocenters. The zero-order valence-corrected chi connectivity index (χ0v) is 9.94. The van der Waals surface area contributed by atoms with E-state index in [1.165, 1.54) is 6.07 Å². The van der Waals surface area contributed by atoms with Gasteiger partial charge in [0.25, 0.3) is 0 Å². The van der Waals surface area contributed by atoms with E-state index >= 15 is 0 Å². The molecule has 1 aromatic carbocycles. The SMILES string of the molecule is Cc1cc(C(C)(C)C)ccc1C(F)(F)C#N. The number of nitriles is 1. The molecule has 0 aliphatic carbocycles. The van der Waals surface area contributed by atoms with Gasteiger partial charge in [-0.25, -0.2) is 0 Å². The van der Waals surface area contributed by atoms with Crippen molar-refractivity contribution >= 4 is 0 Å². The Bertz CT molecular complexity index is 436. The summed E-state index contributed by atoms with van der Waals surface area (Å²) in [5.74, 6) is -3.40. The number of rotatable bonds is 1. The Labute approximate surface area is 94.7 Å². The van der Waals surface area contributed by atoms with Crippen LogP contribution in [0.15, 0.2) is 18.2 Å². The maximum atomic E-state index is 13.2. The average molecular weight is 223 g/mol. The molecule has 3 heteroatoms. The van der Waals surface area contributed by atoms with Gasteiger partial charge in [0.15, 0.2) is 0 Å². The van der Waals surface area contributed by atoms with Gasteiger partial charge < -0.3 is 0 Å². The lowest BCUT2D eigenvalue weighted by molar-refractivity contribution is 0.0605. The molecule has 1 aromatic rings. The zero-order chi connectivity index (χ0) is 12.6. The van der Waals surface area contributed by atoms with Crippen LogP contribution in [0.25, 0.3) is 0 Å². The summed E-state index contributed by atoms with van der Waals surface area (Å²) in [6, 6.07) is 5.75. The van der Waals surface area contributed by atoms with E-state index in [1.807, 2.05) is 20.8 Å². The second-order valence-corrected chi connectivity index (χ2v) is 4.97. The topological polar surface area (TPSA) is 23.8 Å². The van der Waals surface area contributed by atoms with E-state index in [0.717, 1.165) is 11.6 Å². The van der Waals surface area contributed by atoms with E-state index in [2.05, 4.69) is 0 Å². The van der Waals surface area contributed by atoms with E-state index in [1.54, 1.807) is 19.1 Å². The van der Waals surface area contributed by atoms with Crippen LogP contribution < -0.4 is 0 Å². The molecular formula is C13H15F2N. The quantitative estimate of drug-likeness (QED) is 0.708. The fraction of sp³-hybridized carbons (Fsp3) is 0.462. The van der Waals surface area contributed by atoms with Gasteiger partial charge in [-0.1, -0.05) is 39.0 Å². The first kappa shape index (κ1) is 12.6. The highest BCUT2D eigenvalue weighted by atomic mass is 19.3. The molecule has 0 saturated carbocycles. The first-order chi connectivity index (χ1) is 7.18. The van der Waals surface area contributed by atoms with Crippen LogP contribution in [0.5, 0.6) is 0 Å². The van der Waals surface area contributed by atoms with Crippen molar-refractivity contribution in [1.82, 2.24) is 0 Å². The molecule has 16 heavy (non-hydrogen) atoms. The van der Waals surface area contributed by atoms with Crippen molar-refractivity contribution in [1.29, 1.82) is 5.26 Å². The second kappa shape index (κ2) is 3.86. The van der Waals surface area contributed by atoms with E-state index in [9.17, 15) is 8.78 Å². The Morgan fingerprint density at radius 3 is 2.12 bits per heavy atom. The Morgan fingerprint density at radius 2 is 1.75 bits per heavy atom. The predicted octanol–water partition coefficient (Wildman–Crippen LogP) is 3.91. The van der Waals surface area contributed by atoms with Crippen LogP contribution in [0.1, 0.15) is 37.5 Å². The van der Waals surface area contributed by atoms with Crippen LogP contribution in [0, 0.1) is 18.3 Å². The highest BCUT2D eigenvalue weighted by molar-refractivity contribution is 5.39. The minimum Gasteiger partial charge on any atom is -0.191 e. The smallest absolute Gasteiger partial charge is 0.191 e. The summed E-state index contributed by atoms with van der Waals surface area (Å²) < 4.78 is 26.4. The fourth-order valence-electron chi connectivity index (χ4n) is 1.54. The van der Waals surface area contributed by atoms with Gasteiger partial charge in [-0.15, -0.1) is 0 Å². The van der Waals surface area contributed by atoms with Gasteiger partial charge in [0.2, 0.25) is 0 Å². The molecule has 0 atom stereocenters. The van der Waals surface area contributed by atoms with Crippen molar-refractivity contribution < 1.29 is 8.78 Å². The van der Waals surface area contributed by atoms with Crippen LogP contribution in [-0.2, 0) is 11.3 Å². The molecular weight excluding hydrogens is 208 g/mol. The molecule has 0 heterocycles. The van der Waals surface area contributed by atoms with Crippen LogP contribution in [0.4, 0.5) is 8.78 Å². The van der Waals surface area contributed by atoms with E-state index in [-0.39, 0.29) is 11.0 Å². The average Bonchev–Trinajstić information content (AvgIpc) is 2.16. The van der Waals surface area contributed by atoms with Gasteiger partial charge in [-0.3, -0.25) is 0 Å². The van der Waals surface area contributed by atoms with Crippen molar-refractivity contribution in [2.24, 2.45) is 0 Å². The maximum Gasteiger partial charge on any atom is 0.357 e. The van der Waals surface area contributed by atoms with E-state index in [4.69, 9.17) is 5.26 Å². The number of hydrogen-bond donors (Lipinski definition) is 0. The first-order valence-corrected chi connectivity index (χ1v) is 5.09. The molecule has 0 aliphatic rings. The third kappa shape index (κ3) is 2.38. The molecule has 1 rings (SSSR count).